The molecule has 3 heterocycles. The smallest absolute Gasteiger partial charge is 0.259 e. The van der Waals surface area contributed by atoms with Crippen molar-refractivity contribution in [3.8, 4) is 0 Å². The van der Waals surface area contributed by atoms with E-state index in [2.05, 4.69) is 15.5 Å². The maximum Gasteiger partial charge on any atom is 0.259 e. The fourth-order valence-electron chi connectivity index (χ4n) is 4.07. The molecule has 3 aromatic rings. The summed E-state index contributed by atoms with van der Waals surface area (Å²) in [5, 5.41) is 7.82. The van der Waals surface area contributed by atoms with Gasteiger partial charge in [-0.3, -0.25) is 9.59 Å². The van der Waals surface area contributed by atoms with E-state index in [4.69, 9.17) is 4.52 Å². The molecule has 0 bridgehead atoms. The van der Waals surface area contributed by atoms with Crippen LogP contribution in [-0.2, 0) is 0 Å². The minimum absolute atomic E-state index is 0.0377. The molecule has 2 aromatic heterocycles. The van der Waals surface area contributed by atoms with E-state index < -0.39 is 0 Å². The summed E-state index contributed by atoms with van der Waals surface area (Å²) in [6.45, 7) is 9.00. The third kappa shape index (κ3) is 4.17. The van der Waals surface area contributed by atoms with Gasteiger partial charge in [0.15, 0.2) is 0 Å². The van der Waals surface area contributed by atoms with Gasteiger partial charge >= 0.3 is 0 Å². The van der Waals surface area contributed by atoms with E-state index in [1.54, 1.807) is 0 Å². The van der Waals surface area contributed by atoms with Gasteiger partial charge in [0.25, 0.3) is 17.5 Å². The van der Waals surface area contributed by atoms with Gasteiger partial charge in [-0.2, -0.15) is 0 Å². The molecule has 2 amide bonds. The minimum atomic E-state index is -0.0552. The van der Waals surface area contributed by atoms with Crippen LogP contribution in [0.4, 0.5) is 0 Å². The van der Waals surface area contributed by atoms with Gasteiger partial charge in [-0.05, 0) is 50.3 Å². The van der Waals surface area contributed by atoms with Gasteiger partial charge in [0.2, 0.25) is 0 Å². The first-order chi connectivity index (χ1) is 14.8. The highest BCUT2D eigenvalue weighted by molar-refractivity contribution is 6.06. The van der Waals surface area contributed by atoms with Crippen LogP contribution in [0.15, 0.2) is 34.9 Å². The Kier molecular flexibility index (Phi) is 5.76. The Morgan fingerprint density at radius 3 is 2.52 bits per heavy atom. The molecule has 0 aliphatic carbocycles. The summed E-state index contributed by atoms with van der Waals surface area (Å²) >= 11 is 0. The first-order valence-electron chi connectivity index (χ1n) is 10.8. The van der Waals surface area contributed by atoms with Crippen molar-refractivity contribution >= 4 is 22.9 Å². The van der Waals surface area contributed by atoms with Crippen LogP contribution in [0.1, 0.15) is 70.3 Å². The summed E-state index contributed by atoms with van der Waals surface area (Å²) in [5.41, 5.74) is 4.14. The highest BCUT2D eigenvalue weighted by Gasteiger charge is 2.28. The lowest BCUT2D eigenvalue weighted by Crippen LogP contribution is -2.46. The number of carbonyl (C=O) groups excluding carboxylic acids is 2. The zero-order valence-corrected chi connectivity index (χ0v) is 18.4. The Morgan fingerprint density at radius 2 is 1.84 bits per heavy atom. The molecule has 1 aromatic carbocycles. The number of benzene rings is 1. The van der Waals surface area contributed by atoms with Crippen molar-refractivity contribution in [3.63, 3.8) is 0 Å². The fraction of sp³-hybridized carbons (Fsp3) is 0.417. The second-order valence-corrected chi connectivity index (χ2v) is 8.55. The molecule has 0 saturated carbocycles. The second-order valence-electron chi connectivity index (χ2n) is 8.55. The standard InChI is InChI=1S/C24H28N4O3/c1-14(2)20-13-19(21-16(4)27-31-23(21)26-20)24(30)28-11-9-17(10-12-28)25-22(29)18-8-6-5-7-15(18)3/h5-8,13-14,17H,9-12H2,1-4H3,(H,25,29). The maximum atomic E-state index is 13.4. The van der Waals surface area contributed by atoms with E-state index in [-0.39, 0.29) is 23.8 Å². The number of rotatable bonds is 4. The van der Waals surface area contributed by atoms with Gasteiger partial charge in [0.05, 0.1) is 16.6 Å². The van der Waals surface area contributed by atoms with Gasteiger partial charge in [-0.1, -0.05) is 37.2 Å². The van der Waals surface area contributed by atoms with Crippen molar-refractivity contribution in [2.45, 2.75) is 52.5 Å². The van der Waals surface area contributed by atoms with E-state index in [1.165, 1.54) is 0 Å². The van der Waals surface area contributed by atoms with Crippen LogP contribution < -0.4 is 5.32 Å². The predicted octanol–water partition coefficient (Wildman–Crippen LogP) is 4.00. The Balaban J connectivity index is 1.47. The average Bonchev–Trinajstić information content (AvgIpc) is 3.14. The maximum absolute atomic E-state index is 13.4. The molecular formula is C24H28N4O3. The van der Waals surface area contributed by atoms with Crippen LogP contribution in [0.25, 0.3) is 11.1 Å². The molecule has 0 atom stereocenters. The van der Waals surface area contributed by atoms with E-state index in [0.717, 1.165) is 24.1 Å². The fourth-order valence-corrected chi connectivity index (χ4v) is 4.07. The second kappa shape index (κ2) is 8.49. The van der Waals surface area contributed by atoms with Crippen LogP contribution >= 0.6 is 0 Å². The first kappa shape index (κ1) is 21.0. The predicted molar refractivity (Wildman–Crippen MR) is 118 cm³/mol. The quantitative estimate of drug-likeness (QED) is 0.689. The number of likely N-dealkylation sites (tertiary alicyclic amines) is 1. The summed E-state index contributed by atoms with van der Waals surface area (Å²) in [5.74, 6) is 0.0772. The number of pyridine rings is 1. The van der Waals surface area contributed by atoms with E-state index in [9.17, 15) is 9.59 Å². The zero-order valence-electron chi connectivity index (χ0n) is 18.4. The average molecular weight is 421 g/mol. The van der Waals surface area contributed by atoms with Gasteiger partial charge in [0.1, 0.15) is 0 Å². The summed E-state index contributed by atoms with van der Waals surface area (Å²) in [7, 11) is 0. The molecule has 31 heavy (non-hydrogen) atoms. The number of nitrogens with zero attached hydrogens (tertiary/aromatic N) is 3. The number of amides is 2. The molecule has 7 nitrogen and oxygen atoms in total. The molecule has 1 saturated heterocycles. The van der Waals surface area contributed by atoms with Crippen LogP contribution in [0, 0.1) is 13.8 Å². The minimum Gasteiger partial charge on any atom is -0.349 e. The van der Waals surface area contributed by atoms with Crippen LogP contribution in [-0.4, -0.2) is 46.0 Å². The molecule has 0 unspecified atom stereocenters. The Labute approximate surface area is 181 Å². The van der Waals surface area contributed by atoms with E-state index in [1.807, 2.05) is 62.9 Å². The lowest BCUT2D eigenvalue weighted by atomic mass is 10.00. The Hall–Kier alpha value is -3.22. The van der Waals surface area contributed by atoms with Crippen molar-refractivity contribution in [2.24, 2.45) is 0 Å². The van der Waals surface area contributed by atoms with Crippen molar-refractivity contribution in [3.05, 3.63) is 58.4 Å². The molecule has 162 valence electrons. The molecule has 0 spiro atoms. The van der Waals surface area contributed by atoms with Crippen LogP contribution in [0.5, 0.6) is 0 Å². The lowest BCUT2D eigenvalue weighted by Gasteiger charge is -2.32. The number of nitrogens with one attached hydrogen (secondary N) is 1. The van der Waals surface area contributed by atoms with E-state index in [0.29, 0.717) is 41.0 Å². The summed E-state index contributed by atoms with van der Waals surface area (Å²) < 4.78 is 5.35. The molecule has 1 aliphatic rings. The molecule has 4 rings (SSSR count). The Bertz CT molecular complexity index is 1130. The zero-order chi connectivity index (χ0) is 22.1. The molecule has 0 radical (unpaired) electrons. The highest BCUT2D eigenvalue weighted by atomic mass is 16.5. The SMILES string of the molecule is Cc1ccccc1C(=O)NC1CCN(C(=O)c2cc(C(C)C)nc3onc(C)c23)CC1. The highest BCUT2D eigenvalue weighted by Crippen LogP contribution is 2.27. The number of aryl methyl sites for hydroxylation is 2. The molecular weight excluding hydrogens is 392 g/mol. The number of aromatic nitrogens is 2. The van der Waals surface area contributed by atoms with Gasteiger partial charge < -0.3 is 14.7 Å². The molecule has 7 heteroatoms. The normalized spacial score (nSPS) is 14.9. The van der Waals surface area contributed by atoms with Gasteiger partial charge in [-0.25, -0.2) is 4.98 Å². The topological polar surface area (TPSA) is 88.3 Å². The number of piperidine rings is 1. The van der Waals surface area contributed by atoms with E-state index >= 15 is 0 Å². The number of carbonyl (C=O) groups is 2. The van der Waals surface area contributed by atoms with Crippen LogP contribution in [0.3, 0.4) is 0 Å². The third-order valence-electron chi connectivity index (χ3n) is 5.97. The summed E-state index contributed by atoms with van der Waals surface area (Å²) in [4.78, 5) is 32.4. The number of hydrogen-bond donors (Lipinski definition) is 1. The lowest BCUT2D eigenvalue weighted by molar-refractivity contribution is 0.0699. The largest absolute Gasteiger partial charge is 0.349 e. The summed E-state index contributed by atoms with van der Waals surface area (Å²) in [6.07, 6.45) is 1.44. The molecule has 1 aliphatic heterocycles. The van der Waals surface area contributed by atoms with Gasteiger partial charge in [-0.15, -0.1) is 0 Å². The van der Waals surface area contributed by atoms with Gasteiger partial charge in [0, 0.05) is 30.4 Å². The number of hydrogen-bond acceptors (Lipinski definition) is 5. The third-order valence-corrected chi connectivity index (χ3v) is 5.97. The van der Waals surface area contributed by atoms with Crippen molar-refractivity contribution in [1.82, 2.24) is 20.4 Å². The number of fused-ring (bicyclic) bond motifs is 1. The molecule has 1 fully saturated rings. The monoisotopic (exact) mass is 420 g/mol. The van der Waals surface area contributed by atoms with Crippen molar-refractivity contribution < 1.29 is 14.1 Å². The Morgan fingerprint density at radius 1 is 1.13 bits per heavy atom. The molecule has 1 N–H and O–H groups in total. The first-order valence-corrected chi connectivity index (χ1v) is 10.8. The van der Waals surface area contributed by atoms with Crippen molar-refractivity contribution in [1.29, 1.82) is 0 Å². The van der Waals surface area contributed by atoms with Crippen LogP contribution in [0.2, 0.25) is 0 Å². The van der Waals surface area contributed by atoms with Crippen molar-refractivity contribution in [2.75, 3.05) is 13.1 Å². The summed E-state index contributed by atoms with van der Waals surface area (Å²) in [6, 6.07) is 9.49.